The second-order valence-corrected chi connectivity index (χ2v) is 9.41. The van der Waals surface area contributed by atoms with Gasteiger partial charge in [0, 0.05) is 23.0 Å². The Kier molecular flexibility index (Phi) is 9.21. The number of hydrogen-bond donors (Lipinski definition) is 3. The van der Waals surface area contributed by atoms with Crippen molar-refractivity contribution in [1.82, 2.24) is 5.32 Å². The van der Waals surface area contributed by atoms with Gasteiger partial charge in [0.1, 0.15) is 11.6 Å². The Balaban J connectivity index is 1.54. The van der Waals surface area contributed by atoms with Crippen LogP contribution in [0.25, 0.3) is 5.57 Å². The Morgan fingerprint density at radius 1 is 0.925 bits per heavy atom. The lowest BCUT2D eigenvalue weighted by molar-refractivity contribution is -0.142. The molecule has 3 N–H and O–H groups in total. The molecule has 0 saturated carbocycles. The third-order valence-electron chi connectivity index (χ3n) is 6.47. The molecule has 1 unspecified atom stereocenters. The fraction of sp³-hybridized carbons (Fsp3) is 0.233. The number of rotatable bonds is 9. The number of nitrogens with one attached hydrogen (secondary N) is 2. The molecule has 1 aliphatic carbocycles. The highest BCUT2D eigenvalue weighted by Crippen LogP contribution is 2.29. The topological polar surface area (TPSA) is 98.7 Å². The van der Waals surface area contributed by atoms with E-state index in [9.17, 15) is 27.6 Å². The van der Waals surface area contributed by atoms with E-state index in [1.807, 2.05) is 12.1 Å². The van der Waals surface area contributed by atoms with Crippen LogP contribution in [-0.4, -0.2) is 35.7 Å². The van der Waals surface area contributed by atoms with Crippen LogP contribution in [0.1, 0.15) is 47.2 Å². The molecule has 3 aromatic carbocycles. The lowest BCUT2D eigenvalue weighted by Gasteiger charge is -2.24. The minimum Gasteiger partial charge on any atom is -0.479 e. The first-order chi connectivity index (χ1) is 19.2. The van der Waals surface area contributed by atoms with Crippen LogP contribution in [-0.2, 0) is 11.3 Å². The quantitative estimate of drug-likeness (QED) is 0.290. The molecular weight excluding hydrogens is 523 g/mol. The fourth-order valence-electron chi connectivity index (χ4n) is 4.37. The van der Waals surface area contributed by atoms with E-state index in [0.717, 1.165) is 43.4 Å². The first kappa shape index (κ1) is 28.4. The van der Waals surface area contributed by atoms with Gasteiger partial charge in [0.25, 0.3) is 5.91 Å². The number of aliphatic carboxylic acids is 1. The number of allylic oxidation sites excluding steroid dienone is 2. The van der Waals surface area contributed by atoms with Crippen molar-refractivity contribution in [2.45, 2.75) is 38.4 Å². The molecule has 3 amide bonds. The summed E-state index contributed by atoms with van der Waals surface area (Å²) < 4.78 is 40.7. The molecule has 1 atom stereocenters. The Hall–Kier alpha value is -4.60. The van der Waals surface area contributed by atoms with Crippen LogP contribution < -0.4 is 15.5 Å². The number of amides is 3. The van der Waals surface area contributed by atoms with Crippen molar-refractivity contribution in [3.63, 3.8) is 0 Å². The minimum absolute atomic E-state index is 0.0453. The van der Waals surface area contributed by atoms with Crippen molar-refractivity contribution in [3.8, 4) is 0 Å². The molecule has 0 aromatic heterocycles. The summed E-state index contributed by atoms with van der Waals surface area (Å²) in [7, 11) is 0. The lowest BCUT2D eigenvalue weighted by Crippen LogP contribution is -2.35. The number of halogens is 3. The first-order valence-electron chi connectivity index (χ1n) is 12.8. The van der Waals surface area contributed by atoms with Crippen LogP contribution in [0.3, 0.4) is 0 Å². The summed E-state index contributed by atoms with van der Waals surface area (Å²) in [5.41, 5.74) is 3.61. The van der Waals surface area contributed by atoms with E-state index in [2.05, 4.69) is 16.7 Å². The molecule has 0 aliphatic heterocycles. The van der Waals surface area contributed by atoms with Crippen LogP contribution in [0.15, 0.2) is 72.8 Å². The zero-order chi connectivity index (χ0) is 28.6. The Labute approximate surface area is 229 Å². The number of carboxylic acid groups (broad SMARTS) is 1. The molecule has 0 spiro atoms. The number of urea groups is 1. The minimum atomic E-state index is -2.22. The third kappa shape index (κ3) is 7.49. The largest absolute Gasteiger partial charge is 0.479 e. The molecule has 0 heterocycles. The van der Waals surface area contributed by atoms with E-state index in [1.54, 1.807) is 24.3 Å². The lowest BCUT2D eigenvalue weighted by atomic mass is 9.93. The zero-order valence-electron chi connectivity index (χ0n) is 21.5. The predicted octanol–water partition coefficient (Wildman–Crippen LogP) is 6.31. The van der Waals surface area contributed by atoms with Gasteiger partial charge in [-0.3, -0.25) is 9.69 Å². The summed E-state index contributed by atoms with van der Waals surface area (Å²) in [6.07, 6.45) is 4.29. The van der Waals surface area contributed by atoms with E-state index in [-0.39, 0.29) is 17.8 Å². The second-order valence-electron chi connectivity index (χ2n) is 9.41. The monoisotopic (exact) mass is 551 g/mol. The summed E-state index contributed by atoms with van der Waals surface area (Å²) >= 11 is 0. The molecule has 7 nitrogen and oxygen atoms in total. The number of carbonyl (C=O) groups excluding carboxylic acids is 2. The summed E-state index contributed by atoms with van der Waals surface area (Å²) in [5.74, 6) is -3.98. The van der Waals surface area contributed by atoms with Gasteiger partial charge in [-0.2, -0.15) is 0 Å². The highest BCUT2D eigenvalue weighted by atomic mass is 19.1. The number of carbonyl (C=O) groups is 3. The smallest absolute Gasteiger partial charge is 0.340 e. The van der Waals surface area contributed by atoms with Crippen LogP contribution in [0, 0.1) is 11.6 Å². The van der Waals surface area contributed by atoms with Gasteiger partial charge < -0.3 is 15.7 Å². The average molecular weight is 552 g/mol. The predicted molar refractivity (Wildman–Crippen MR) is 146 cm³/mol. The number of nitrogens with zero attached hydrogens (tertiary/aromatic N) is 1. The van der Waals surface area contributed by atoms with Crippen molar-refractivity contribution in [1.29, 1.82) is 0 Å². The van der Waals surface area contributed by atoms with Gasteiger partial charge in [-0.15, -0.1) is 0 Å². The van der Waals surface area contributed by atoms with Crippen molar-refractivity contribution >= 4 is 34.9 Å². The number of anilines is 2. The number of alkyl halides is 1. The normalized spacial score (nSPS) is 13.6. The van der Waals surface area contributed by atoms with Gasteiger partial charge in [-0.05, 0) is 78.8 Å². The van der Waals surface area contributed by atoms with E-state index in [4.69, 9.17) is 5.11 Å². The molecule has 4 rings (SSSR count). The second kappa shape index (κ2) is 13.0. The molecule has 10 heteroatoms. The van der Waals surface area contributed by atoms with Gasteiger partial charge >= 0.3 is 12.0 Å². The number of benzene rings is 3. The van der Waals surface area contributed by atoms with Crippen LogP contribution in [0.5, 0.6) is 0 Å². The molecule has 3 aromatic rings. The zero-order valence-corrected chi connectivity index (χ0v) is 21.5. The van der Waals surface area contributed by atoms with Crippen LogP contribution >= 0.6 is 0 Å². The fourth-order valence-corrected chi connectivity index (χ4v) is 4.37. The molecule has 0 fully saturated rings. The van der Waals surface area contributed by atoms with Crippen LogP contribution in [0.4, 0.5) is 29.3 Å². The third-order valence-corrected chi connectivity index (χ3v) is 6.47. The maximum absolute atomic E-state index is 13.7. The Bertz CT molecular complexity index is 1390. The van der Waals surface area contributed by atoms with Gasteiger partial charge in [-0.1, -0.05) is 30.3 Å². The van der Waals surface area contributed by atoms with Gasteiger partial charge in [0.05, 0.1) is 13.1 Å². The maximum Gasteiger partial charge on any atom is 0.340 e. The van der Waals surface area contributed by atoms with E-state index in [0.29, 0.717) is 17.3 Å². The van der Waals surface area contributed by atoms with Gasteiger partial charge in [0.2, 0.25) is 6.17 Å². The number of hydrogen-bond acceptors (Lipinski definition) is 3. The highest BCUT2D eigenvalue weighted by Gasteiger charge is 2.20. The maximum atomic E-state index is 13.7. The Morgan fingerprint density at radius 3 is 2.20 bits per heavy atom. The first-order valence-corrected chi connectivity index (χ1v) is 12.8. The van der Waals surface area contributed by atoms with Gasteiger partial charge in [-0.25, -0.2) is 22.8 Å². The van der Waals surface area contributed by atoms with Gasteiger partial charge in [0.15, 0.2) is 0 Å². The average Bonchev–Trinajstić information content (AvgIpc) is 2.94. The van der Waals surface area contributed by atoms with Crippen molar-refractivity contribution in [2.75, 3.05) is 16.8 Å². The van der Waals surface area contributed by atoms with Crippen molar-refractivity contribution in [2.24, 2.45) is 0 Å². The number of carboxylic acids is 1. The Morgan fingerprint density at radius 2 is 1.60 bits per heavy atom. The molecule has 0 saturated heterocycles. The molecule has 208 valence electrons. The molecule has 0 bridgehead atoms. The van der Waals surface area contributed by atoms with E-state index < -0.39 is 42.3 Å². The van der Waals surface area contributed by atoms with E-state index >= 15 is 0 Å². The molecule has 40 heavy (non-hydrogen) atoms. The van der Waals surface area contributed by atoms with Crippen LogP contribution in [0.2, 0.25) is 0 Å². The molecular formula is C30H28F3N3O4. The highest BCUT2D eigenvalue weighted by molar-refractivity contribution is 6.01. The van der Waals surface area contributed by atoms with Crippen molar-refractivity contribution in [3.05, 3.63) is 101 Å². The van der Waals surface area contributed by atoms with E-state index in [1.165, 1.54) is 22.6 Å². The SMILES string of the molecule is O=C(NCC(F)C(=O)O)c1ccc(CN(C(=O)Nc2cc(F)cc(F)c2)c2ccc(C3=CCCCC3)cc2)cc1. The molecule has 0 radical (unpaired) electrons. The van der Waals surface area contributed by atoms with Crippen molar-refractivity contribution < 1.29 is 32.7 Å². The standard InChI is InChI=1S/C30H28F3N3O4/c31-23-14-24(32)16-25(15-23)35-30(40)36(26-12-10-21(11-13-26)20-4-2-1-3-5-20)18-19-6-8-22(9-7-19)28(37)34-17-27(33)29(38)39/h4,6-16,27H,1-3,5,17-18H2,(H,34,37)(H,35,40)(H,38,39). The summed E-state index contributed by atoms with van der Waals surface area (Å²) in [4.78, 5) is 37.6. The summed E-state index contributed by atoms with van der Waals surface area (Å²) in [6.45, 7) is -0.615. The summed E-state index contributed by atoms with van der Waals surface area (Å²) in [5, 5.41) is 13.4. The molecule has 1 aliphatic rings. The summed E-state index contributed by atoms with van der Waals surface area (Å²) in [6, 6.07) is 15.7.